The van der Waals surface area contributed by atoms with E-state index in [1.807, 2.05) is 6.07 Å². The van der Waals surface area contributed by atoms with Crippen LogP contribution in [-0.2, 0) is 11.3 Å². The molecule has 0 bridgehead atoms. The molecule has 2 N–H and O–H groups in total. The molecule has 0 aliphatic carbocycles. The molecule has 144 valence electrons. The third-order valence-corrected chi connectivity index (χ3v) is 3.85. The summed E-state index contributed by atoms with van der Waals surface area (Å²) in [4.78, 5) is 25.9. The Morgan fingerprint density at radius 1 is 1.07 bits per heavy atom. The number of amides is 3. The van der Waals surface area contributed by atoms with Crippen LogP contribution in [0, 0.1) is 0 Å². The highest BCUT2D eigenvalue weighted by atomic mass is 19.3. The molecule has 0 saturated heterocycles. The number of alkyl halides is 2. The average Bonchev–Trinajstić information content (AvgIpc) is 2.64. The molecule has 2 aromatic carbocycles. The highest BCUT2D eigenvalue weighted by Crippen LogP contribution is 2.23. The van der Waals surface area contributed by atoms with Crippen molar-refractivity contribution in [3.05, 3.63) is 65.7 Å². The average molecular weight is 377 g/mol. The van der Waals surface area contributed by atoms with Crippen LogP contribution >= 0.6 is 0 Å². The smallest absolute Gasteiger partial charge is 0.387 e. The zero-order chi connectivity index (χ0) is 19.8. The highest BCUT2D eigenvalue weighted by molar-refractivity contribution is 5.97. The summed E-state index contributed by atoms with van der Waals surface area (Å²) < 4.78 is 28.8. The van der Waals surface area contributed by atoms with E-state index in [1.54, 1.807) is 48.3 Å². The number of nitrogens with zero attached hydrogens (tertiary/aromatic N) is 1. The Kier molecular flexibility index (Phi) is 7.25. The van der Waals surface area contributed by atoms with Gasteiger partial charge in [-0.25, -0.2) is 4.79 Å². The second-order valence-electron chi connectivity index (χ2n) is 5.82. The lowest BCUT2D eigenvalue weighted by molar-refractivity contribution is -0.125. The maximum Gasteiger partial charge on any atom is 0.387 e. The molecule has 0 unspecified atom stereocenters. The summed E-state index contributed by atoms with van der Waals surface area (Å²) in [7, 11) is 3.16. The summed E-state index contributed by atoms with van der Waals surface area (Å²) >= 11 is 0. The number of rotatable bonds is 7. The van der Waals surface area contributed by atoms with Crippen LogP contribution in [0.5, 0.6) is 5.75 Å². The number of carbonyl (C=O) groups excluding carboxylic acids is 2. The Balaban J connectivity index is 2.17. The molecule has 2 aromatic rings. The molecule has 0 aliphatic rings. The van der Waals surface area contributed by atoms with Crippen LogP contribution in [-0.4, -0.2) is 37.5 Å². The van der Waals surface area contributed by atoms with Gasteiger partial charge in [0.2, 0.25) is 5.91 Å². The van der Waals surface area contributed by atoms with Gasteiger partial charge in [0.25, 0.3) is 0 Å². The maximum atomic E-state index is 12.6. The molecule has 3 amide bonds. The molecule has 0 aromatic heterocycles. The molecule has 6 nitrogen and oxygen atoms in total. The molecule has 0 radical (unpaired) electrons. The van der Waals surface area contributed by atoms with Gasteiger partial charge < -0.3 is 10.1 Å². The molecule has 0 aliphatic heterocycles. The lowest BCUT2D eigenvalue weighted by Crippen LogP contribution is -2.44. The first-order valence-corrected chi connectivity index (χ1v) is 8.22. The Morgan fingerprint density at radius 2 is 1.70 bits per heavy atom. The number of benzene rings is 2. The van der Waals surface area contributed by atoms with Crippen LogP contribution in [0.2, 0.25) is 0 Å². The van der Waals surface area contributed by atoms with Gasteiger partial charge in [-0.3, -0.25) is 15.0 Å². The summed E-state index contributed by atoms with van der Waals surface area (Å²) in [6, 6.07) is 13.9. The minimum atomic E-state index is -2.88. The van der Waals surface area contributed by atoms with Crippen molar-refractivity contribution in [1.29, 1.82) is 0 Å². The molecule has 0 fully saturated rings. The third kappa shape index (κ3) is 6.03. The van der Waals surface area contributed by atoms with Crippen molar-refractivity contribution < 1.29 is 23.1 Å². The first kappa shape index (κ1) is 20.3. The first-order valence-electron chi connectivity index (χ1n) is 8.22. The maximum absolute atomic E-state index is 12.6. The summed E-state index contributed by atoms with van der Waals surface area (Å²) in [5.41, 5.74) is 1.52. The number of urea groups is 1. The van der Waals surface area contributed by atoms with E-state index >= 15 is 0 Å². The fraction of sp³-hybridized carbons (Fsp3) is 0.263. The highest BCUT2D eigenvalue weighted by Gasteiger charge is 2.26. The topological polar surface area (TPSA) is 70.7 Å². The van der Waals surface area contributed by atoms with E-state index in [4.69, 9.17) is 0 Å². The molecule has 0 heterocycles. The van der Waals surface area contributed by atoms with Crippen molar-refractivity contribution >= 4 is 11.9 Å². The molecule has 2 rings (SSSR count). The van der Waals surface area contributed by atoms with Crippen LogP contribution in [0.1, 0.15) is 17.2 Å². The van der Waals surface area contributed by atoms with Crippen molar-refractivity contribution in [3.63, 3.8) is 0 Å². The molecule has 1 atom stereocenters. The third-order valence-electron chi connectivity index (χ3n) is 3.85. The Bertz CT molecular complexity index is 755. The fourth-order valence-corrected chi connectivity index (χ4v) is 2.64. The van der Waals surface area contributed by atoms with Gasteiger partial charge in [-0.15, -0.1) is 0 Å². The van der Waals surface area contributed by atoms with Gasteiger partial charge in [0.1, 0.15) is 11.8 Å². The van der Waals surface area contributed by atoms with Crippen LogP contribution in [0.3, 0.4) is 0 Å². The molecule has 0 saturated carbocycles. The fourth-order valence-electron chi connectivity index (χ4n) is 2.64. The number of hydrogen-bond donors (Lipinski definition) is 2. The van der Waals surface area contributed by atoms with E-state index in [9.17, 15) is 18.4 Å². The number of ether oxygens (including phenoxy) is 1. The number of likely N-dealkylation sites (N-methyl/N-ethyl adjacent to an activating group) is 1. The molecular formula is C19H21F2N3O3. The lowest BCUT2D eigenvalue weighted by Gasteiger charge is -2.27. The van der Waals surface area contributed by atoms with Gasteiger partial charge in [0, 0.05) is 13.6 Å². The van der Waals surface area contributed by atoms with Crippen molar-refractivity contribution in [2.75, 3.05) is 14.1 Å². The summed E-state index contributed by atoms with van der Waals surface area (Å²) in [6.45, 7) is -2.52. The Hall–Kier alpha value is -3.00. The quantitative estimate of drug-likeness (QED) is 0.778. The van der Waals surface area contributed by atoms with E-state index in [2.05, 4.69) is 15.4 Å². The van der Waals surface area contributed by atoms with Gasteiger partial charge in [-0.1, -0.05) is 42.5 Å². The van der Waals surface area contributed by atoms with Crippen LogP contribution in [0.4, 0.5) is 13.6 Å². The number of nitrogens with one attached hydrogen (secondary N) is 2. The van der Waals surface area contributed by atoms with Crippen LogP contribution in [0.25, 0.3) is 0 Å². The molecule has 8 heteroatoms. The number of hydrogen-bond acceptors (Lipinski definition) is 4. The number of imide groups is 1. The molecule has 0 spiro atoms. The summed E-state index contributed by atoms with van der Waals surface area (Å²) in [5, 5.41) is 4.64. The number of carbonyl (C=O) groups is 2. The zero-order valence-corrected chi connectivity index (χ0v) is 15.0. The van der Waals surface area contributed by atoms with Crippen LogP contribution < -0.4 is 15.4 Å². The van der Waals surface area contributed by atoms with Gasteiger partial charge in [-0.05, 0) is 30.3 Å². The second kappa shape index (κ2) is 9.63. The van der Waals surface area contributed by atoms with E-state index in [1.165, 1.54) is 19.2 Å². The zero-order valence-electron chi connectivity index (χ0n) is 15.0. The van der Waals surface area contributed by atoms with E-state index < -0.39 is 24.6 Å². The molecular weight excluding hydrogens is 356 g/mol. The SMILES string of the molecule is CNC(=O)NC(=O)[C@H](c1ccccc1)N(C)Cc1ccc(OC(F)F)cc1. The van der Waals surface area contributed by atoms with Gasteiger partial charge in [0.05, 0.1) is 0 Å². The van der Waals surface area contributed by atoms with Gasteiger partial charge in [0.15, 0.2) is 0 Å². The molecule has 27 heavy (non-hydrogen) atoms. The minimum absolute atomic E-state index is 0.0633. The number of halogens is 2. The Labute approximate surface area is 156 Å². The normalized spacial score (nSPS) is 11.9. The standard InChI is InChI=1S/C19H21F2N3O3/c1-22-19(26)23-17(25)16(14-6-4-3-5-7-14)24(2)12-13-8-10-15(11-9-13)27-18(20)21/h3-11,16,18H,12H2,1-2H3,(H2,22,23,25,26)/t16-/m0/s1. The van der Waals surface area contributed by atoms with E-state index in [0.29, 0.717) is 6.54 Å². The van der Waals surface area contributed by atoms with Crippen LogP contribution in [0.15, 0.2) is 54.6 Å². The summed E-state index contributed by atoms with van der Waals surface area (Å²) in [6.07, 6.45) is 0. The second-order valence-corrected chi connectivity index (χ2v) is 5.82. The van der Waals surface area contributed by atoms with Crippen molar-refractivity contribution in [2.45, 2.75) is 19.2 Å². The van der Waals surface area contributed by atoms with Crippen molar-refractivity contribution in [1.82, 2.24) is 15.5 Å². The van der Waals surface area contributed by atoms with Gasteiger partial charge >= 0.3 is 12.6 Å². The summed E-state index contributed by atoms with van der Waals surface area (Å²) in [5.74, 6) is -0.408. The van der Waals surface area contributed by atoms with Crippen molar-refractivity contribution in [2.24, 2.45) is 0 Å². The van der Waals surface area contributed by atoms with Crippen molar-refractivity contribution in [3.8, 4) is 5.75 Å². The largest absolute Gasteiger partial charge is 0.435 e. The van der Waals surface area contributed by atoms with Gasteiger partial charge in [-0.2, -0.15) is 8.78 Å². The van der Waals surface area contributed by atoms with E-state index in [-0.39, 0.29) is 5.75 Å². The predicted molar refractivity (Wildman–Crippen MR) is 96.3 cm³/mol. The lowest BCUT2D eigenvalue weighted by atomic mass is 10.0. The minimum Gasteiger partial charge on any atom is -0.435 e. The Morgan fingerprint density at radius 3 is 2.26 bits per heavy atom. The van der Waals surface area contributed by atoms with E-state index in [0.717, 1.165) is 11.1 Å². The monoisotopic (exact) mass is 377 g/mol. The first-order chi connectivity index (χ1) is 12.9. The predicted octanol–water partition coefficient (Wildman–Crippen LogP) is 2.92.